The number of hydrogen-bond acceptors (Lipinski definition) is 2. The van der Waals surface area contributed by atoms with Crippen molar-refractivity contribution in [2.75, 3.05) is 13.1 Å². The van der Waals surface area contributed by atoms with Crippen molar-refractivity contribution >= 4 is 5.91 Å². The van der Waals surface area contributed by atoms with Crippen molar-refractivity contribution in [3.8, 4) is 0 Å². The lowest BCUT2D eigenvalue weighted by atomic mass is 9.85. The van der Waals surface area contributed by atoms with E-state index < -0.39 is 0 Å². The molecule has 2 aliphatic rings. The fraction of sp³-hybridized carbons (Fsp3) is 0.600. The molecule has 1 atom stereocenters. The molecular weight excluding hydrogens is 224 g/mol. The first kappa shape index (κ1) is 11.7. The summed E-state index contributed by atoms with van der Waals surface area (Å²) in [6.45, 7) is 4.00. The Bertz CT molecular complexity index is 464. The van der Waals surface area contributed by atoms with Crippen molar-refractivity contribution in [3.05, 3.63) is 29.1 Å². The molecule has 0 radical (unpaired) electrons. The smallest absolute Gasteiger partial charge is 0.226 e. The van der Waals surface area contributed by atoms with Crippen molar-refractivity contribution in [1.29, 1.82) is 0 Å². The molecule has 0 N–H and O–H groups in total. The number of aryl methyl sites for hydroxylation is 2. The number of hydrogen-bond donors (Lipinski definition) is 0. The van der Waals surface area contributed by atoms with E-state index in [2.05, 4.69) is 22.9 Å². The fourth-order valence-electron chi connectivity index (χ4n) is 3.14. The summed E-state index contributed by atoms with van der Waals surface area (Å²) in [5, 5.41) is 0. The molecule has 0 spiro atoms. The SMILES string of the molecule is Cc1cnc2c(c1)CC(C(=O)N1CCCC1)CC2. The molecule has 1 amide bonds. The Labute approximate surface area is 108 Å². The normalized spacial score (nSPS) is 22.9. The van der Waals surface area contributed by atoms with Gasteiger partial charge in [0.2, 0.25) is 5.91 Å². The van der Waals surface area contributed by atoms with Crippen molar-refractivity contribution in [1.82, 2.24) is 9.88 Å². The predicted molar refractivity (Wildman–Crippen MR) is 70.3 cm³/mol. The fourth-order valence-corrected chi connectivity index (χ4v) is 3.14. The van der Waals surface area contributed by atoms with Crippen LogP contribution >= 0.6 is 0 Å². The van der Waals surface area contributed by atoms with E-state index in [1.54, 1.807) is 0 Å². The summed E-state index contributed by atoms with van der Waals surface area (Å²) in [5.74, 6) is 0.568. The molecule has 1 aromatic rings. The van der Waals surface area contributed by atoms with Crippen LogP contribution in [0, 0.1) is 12.8 Å². The van der Waals surface area contributed by atoms with Gasteiger partial charge in [-0.05, 0) is 50.2 Å². The lowest BCUT2D eigenvalue weighted by Crippen LogP contribution is -2.36. The Morgan fingerprint density at radius 1 is 1.39 bits per heavy atom. The Hall–Kier alpha value is -1.38. The van der Waals surface area contributed by atoms with E-state index in [0.717, 1.165) is 32.4 Å². The van der Waals surface area contributed by atoms with Gasteiger partial charge in [0.05, 0.1) is 0 Å². The van der Waals surface area contributed by atoms with Gasteiger partial charge < -0.3 is 4.90 Å². The summed E-state index contributed by atoms with van der Waals surface area (Å²) in [5.41, 5.74) is 3.69. The highest BCUT2D eigenvalue weighted by molar-refractivity contribution is 5.79. The lowest BCUT2D eigenvalue weighted by Gasteiger charge is -2.27. The average molecular weight is 244 g/mol. The second-order valence-corrected chi connectivity index (χ2v) is 5.59. The van der Waals surface area contributed by atoms with E-state index in [1.165, 1.54) is 29.7 Å². The largest absolute Gasteiger partial charge is 0.342 e. The van der Waals surface area contributed by atoms with E-state index in [9.17, 15) is 4.79 Å². The predicted octanol–water partition coefficient (Wildman–Crippen LogP) is 2.12. The molecule has 0 aromatic carbocycles. The molecule has 3 heteroatoms. The van der Waals surface area contributed by atoms with Gasteiger partial charge in [-0.1, -0.05) is 6.07 Å². The van der Waals surface area contributed by atoms with E-state index in [0.29, 0.717) is 5.91 Å². The van der Waals surface area contributed by atoms with Crippen LogP contribution < -0.4 is 0 Å². The molecular formula is C15H20N2O. The molecule has 0 bridgehead atoms. The maximum atomic E-state index is 12.4. The van der Waals surface area contributed by atoms with Gasteiger partial charge in [0.15, 0.2) is 0 Å². The molecule has 1 aromatic heterocycles. The zero-order valence-corrected chi connectivity index (χ0v) is 11.0. The van der Waals surface area contributed by atoms with Crippen molar-refractivity contribution < 1.29 is 4.79 Å². The molecule has 18 heavy (non-hydrogen) atoms. The number of pyridine rings is 1. The standard InChI is InChI=1S/C15H20N2O/c1-11-8-13-9-12(4-5-14(13)16-10-11)15(18)17-6-2-3-7-17/h8,10,12H,2-7,9H2,1H3. The van der Waals surface area contributed by atoms with Gasteiger partial charge in [-0.2, -0.15) is 0 Å². The molecule has 2 heterocycles. The van der Waals surface area contributed by atoms with Crippen LogP contribution in [0.5, 0.6) is 0 Å². The highest BCUT2D eigenvalue weighted by atomic mass is 16.2. The van der Waals surface area contributed by atoms with Crippen LogP contribution in [-0.2, 0) is 17.6 Å². The van der Waals surface area contributed by atoms with Crippen LogP contribution in [0.2, 0.25) is 0 Å². The summed E-state index contributed by atoms with van der Waals surface area (Å²) in [7, 11) is 0. The Morgan fingerprint density at radius 2 is 2.17 bits per heavy atom. The number of carbonyl (C=O) groups excluding carboxylic acids is 1. The summed E-state index contributed by atoms with van der Waals surface area (Å²) in [6.07, 6.45) is 7.10. The Kier molecular flexibility index (Phi) is 3.06. The topological polar surface area (TPSA) is 33.2 Å². The highest BCUT2D eigenvalue weighted by Gasteiger charge is 2.29. The van der Waals surface area contributed by atoms with E-state index >= 15 is 0 Å². The van der Waals surface area contributed by atoms with Gasteiger partial charge in [-0.15, -0.1) is 0 Å². The van der Waals surface area contributed by atoms with Crippen molar-refractivity contribution in [2.45, 2.75) is 39.0 Å². The second-order valence-electron chi connectivity index (χ2n) is 5.59. The maximum absolute atomic E-state index is 12.4. The van der Waals surface area contributed by atoms with Crippen LogP contribution in [-0.4, -0.2) is 28.9 Å². The van der Waals surface area contributed by atoms with Gasteiger partial charge in [-0.3, -0.25) is 9.78 Å². The van der Waals surface area contributed by atoms with E-state index in [4.69, 9.17) is 0 Å². The zero-order chi connectivity index (χ0) is 12.5. The minimum absolute atomic E-state index is 0.194. The van der Waals surface area contributed by atoms with Crippen LogP contribution in [0.25, 0.3) is 0 Å². The number of carbonyl (C=O) groups is 1. The molecule has 96 valence electrons. The molecule has 1 aliphatic heterocycles. The van der Waals surface area contributed by atoms with Crippen LogP contribution in [0.15, 0.2) is 12.3 Å². The van der Waals surface area contributed by atoms with Crippen LogP contribution in [0.1, 0.15) is 36.1 Å². The van der Waals surface area contributed by atoms with Gasteiger partial charge in [-0.25, -0.2) is 0 Å². The minimum atomic E-state index is 0.194. The van der Waals surface area contributed by atoms with Gasteiger partial charge >= 0.3 is 0 Å². The lowest BCUT2D eigenvalue weighted by molar-refractivity contribution is -0.134. The third-order valence-electron chi connectivity index (χ3n) is 4.16. The van der Waals surface area contributed by atoms with Gasteiger partial charge in [0.25, 0.3) is 0 Å². The van der Waals surface area contributed by atoms with E-state index in [1.807, 2.05) is 6.20 Å². The number of aromatic nitrogens is 1. The number of rotatable bonds is 1. The monoisotopic (exact) mass is 244 g/mol. The van der Waals surface area contributed by atoms with Gasteiger partial charge in [0.1, 0.15) is 0 Å². The average Bonchev–Trinajstić information content (AvgIpc) is 2.90. The van der Waals surface area contributed by atoms with E-state index in [-0.39, 0.29) is 5.92 Å². The summed E-state index contributed by atoms with van der Waals surface area (Å²) in [4.78, 5) is 18.9. The molecule has 0 saturated carbocycles. The number of amides is 1. The number of fused-ring (bicyclic) bond motifs is 1. The van der Waals surface area contributed by atoms with Crippen LogP contribution in [0.4, 0.5) is 0 Å². The zero-order valence-electron chi connectivity index (χ0n) is 11.0. The molecule has 1 fully saturated rings. The first-order valence-corrected chi connectivity index (χ1v) is 6.97. The molecule has 1 saturated heterocycles. The first-order chi connectivity index (χ1) is 8.74. The minimum Gasteiger partial charge on any atom is -0.342 e. The second kappa shape index (κ2) is 4.71. The van der Waals surface area contributed by atoms with Gasteiger partial charge in [0, 0.05) is 30.9 Å². The molecule has 1 unspecified atom stereocenters. The molecule has 1 aliphatic carbocycles. The first-order valence-electron chi connectivity index (χ1n) is 6.97. The van der Waals surface area contributed by atoms with Crippen molar-refractivity contribution in [2.24, 2.45) is 5.92 Å². The molecule has 3 rings (SSSR count). The highest BCUT2D eigenvalue weighted by Crippen LogP contribution is 2.27. The summed E-state index contributed by atoms with van der Waals surface area (Å²) >= 11 is 0. The summed E-state index contributed by atoms with van der Waals surface area (Å²) < 4.78 is 0. The maximum Gasteiger partial charge on any atom is 0.226 e. The third kappa shape index (κ3) is 2.14. The van der Waals surface area contributed by atoms with Crippen LogP contribution in [0.3, 0.4) is 0 Å². The number of nitrogens with zero attached hydrogens (tertiary/aromatic N) is 2. The Balaban J connectivity index is 1.75. The molecule has 3 nitrogen and oxygen atoms in total. The van der Waals surface area contributed by atoms with Crippen molar-refractivity contribution in [3.63, 3.8) is 0 Å². The third-order valence-corrected chi connectivity index (χ3v) is 4.16. The quantitative estimate of drug-likeness (QED) is 0.758. The Morgan fingerprint density at radius 3 is 2.94 bits per heavy atom. The number of likely N-dealkylation sites (tertiary alicyclic amines) is 1. The summed E-state index contributed by atoms with van der Waals surface area (Å²) in [6, 6.07) is 2.20.